The number of likely N-dealkylation sites (tertiary alicyclic amines) is 1. The van der Waals surface area contributed by atoms with Crippen LogP contribution in [0.25, 0.3) is 22.0 Å². The lowest BCUT2D eigenvalue weighted by molar-refractivity contribution is -0.141. The lowest BCUT2D eigenvalue weighted by atomic mass is 9.85. The van der Waals surface area contributed by atoms with Crippen LogP contribution in [0.2, 0.25) is 5.02 Å². The number of amides is 3. The quantitative estimate of drug-likeness (QED) is 0.119. The van der Waals surface area contributed by atoms with E-state index in [1.807, 2.05) is 45.2 Å². The minimum atomic E-state index is -3.90. The number of aryl methyl sites for hydroxylation is 2. The van der Waals surface area contributed by atoms with Gasteiger partial charge in [-0.3, -0.25) is 19.1 Å². The van der Waals surface area contributed by atoms with E-state index in [1.54, 1.807) is 18.2 Å². The highest BCUT2D eigenvalue weighted by Gasteiger charge is 2.62. The summed E-state index contributed by atoms with van der Waals surface area (Å²) >= 11 is 7.76. The predicted molar refractivity (Wildman–Crippen MR) is 235 cm³/mol. The molecule has 2 saturated carbocycles. The topological polar surface area (TPSA) is 169 Å². The number of carbonyl (C=O) groups is 3. The lowest BCUT2D eigenvalue weighted by Crippen LogP contribution is -2.58. The second-order valence-electron chi connectivity index (χ2n) is 16.3. The molecule has 1 aliphatic heterocycles. The first-order valence-corrected chi connectivity index (χ1v) is 21.6. The number of thiazole rings is 1. The Morgan fingerprint density at radius 1 is 1.08 bits per heavy atom. The van der Waals surface area contributed by atoms with Crippen LogP contribution in [0.15, 0.2) is 60.6 Å². The minimum absolute atomic E-state index is 0. The summed E-state index contributed by atoms with van der Waals surface area (Å²) in [5, 5.41) is 9.83. The zero-order valence-electron chi connectivity index (χ0n) is 33.5. The number of sulfonamides is 1. The minimum Gasteiger partial charge on any atom is -0.494 e. The second-order valence-corrected chi connectivity index (χ2v) is 19.5. The van der Waals surface area contributed by atoms with Gasteiger partial charge in [0.05, 0.1) is 30.8 Å². The molecule has 4 aromatic rings. The van der Waals surface area contributed by atoms with E-state index < -0.39 is 62.1 Å². The first-order chi connectivity index (χ1) is 26.9. The zero-order valence-corrected chi connectivity index (χ0v) is 37.6. The Balaban J connectivity index is 0.00000331. The van der Waals surface area contributed by atoms with E-state index >= 15 is 0 Å². The van der Waals surface area contributed by atoms with Crippen LogP contribution < -0.4 is 24.8 Å². The third-order valence-corrected chi connectivity index (χ3v) is 13.9. The summed E-state index contributed by atoms with van der Waals surface area (Å²) in [6, 6.07) is 9.45. The molecule has 13 nitrogen and oxygen atoms in total. The van der Waals surface area contributed by atoms with E-state index in [-0.39, 0.29) is 56.0 Å². The lowest BCUT2D eigenvalue weighted by Gasteiger charge is -2.35. The van der Waals surface area contributed by atoms with Gasteiger partial charge < -0.3 is 25.0 Å². The first-order valence-electron chi connectivity index (χ1n) is 18.8. The van der Waals surface area contributed by atoms with Gasteiger partial charge in [0.2, 0.25) is 27.7 Å². The standard InChI is InChI=1S/C41H47ClN6O7S2.2ClH/c1-8-25-18-41(25,38(51)47-57(52,53)28-12-13-28)46-35(49)32-17-27(55-36-30-16-26(42)11-14-29(30)33(54-7)19-43-36)20-48(32)37(50)34(40(4,5)6)45-39-44-31(21-56-39)24-10-9-22(2)23(3)15-24;;/h8-11,14-16,19,21,25,27-28,32,34H,1,12-13,17-18,20H2,2-7H3,(H,44,45)(H,46,49)(H,47,51);2*1H/t25-,27-,32+,34-,41-;;/m1../s1. The van der Waals surface area contributed by atoms with Crippen molar-refractivity contribution in [3.05, 3.63) is 76.8 Å². The number of hydrogen-bond donors (Lipinski definition) is 3. The van der Waals surface area contributed by atoms with Crippen molar-refractivity contribution in [3.63, 3.8) is 0 Å². The highest BCUT2D eigenvalue weighted by Crippen LogP contribution is 2.46. The van der Waals surface area contributed by atoms with E-state index in [0.29, 0.717) is 39.5 Å². The molecule has 2 aromatic heterocycles. The molecule has 0 bridgehead atoms. The number of benzene rings is 2. The molecular weight excluding hydrogens is 859 g/mol. The van der Waals surface area contributed by atoms with Crippen molar-refractivity contribution in [3.8, 4) is 22.9 Å². The number of pyridine rings is 1. The Bertz CT molecular complexity index is 2390. The molecule has 0 unspecified atom stereocenters. The summed E-state index contributed by atoms with van der Waals surface area (Å²) in [5.41, 5.74) is 1.85. The number of fused-ring (bicyclic) bond motifs is 1. The molecule has 3 N–H and O–H groups in total. The van der Waals surface area contributed by atoms with E-state index in [0.717, 1.165) is 16.8 Å². The predicted octanol–water partition coefficient (Wildman–Crippen LogP) is 7.03. The maximum absolute atomic E-state index is 14.9. The van der Waals surface area contributed by atoms with Gasteiger partial charge in [-0.1, -0.05) is 50.6 Å². The summed E-state index contributed by atoms with van der Waals surface area (Å²) in [7, 11) is -2.36. The molecule has 7 rings (SSSR count). The van der Waals surface area contributed by atoms with Crippen LogP contribution in [0, 0.1) is 25.2 Å². The van der Waals surface area contributed by atoms with Crippen LogP contribution in [0.4, 0.5) is 5.13 Å². The molecule has 3 fully saturated rings. The molecule has 3 amide bonds. The van der Waals surface area contributed by atoms with E-state index in [4.69, 9.17) is 26.1 Å². The SMILES string of the molecule is C=C[C@@H]1C[C@]1(NC(=O)[C@@H]1C[C@@H](Oc2ncc(OC)c3ccc(Cl)cc23)CN1C(=O)[C@@H](Nc1nc(-c2ccc(C)c(C)c2)cs1)C(C)(C)C)C(=O)NS(=O)(=O)C1CC1.Cl.Cl. The average Bonchev–Trinajstić information content (AvgIpc) is 4.05. The summed E-state index contributed by atoms with van der Waals surface area (Å²) in [6.07, 6.45) is 3.50. The Labute approximate surface area is 365 Å². The van der Waals surface area contributed by atoms with E-state index in [9.17, 15) is 22.8 Å². The van der Waals surface area contributed by atoms with E-state index in [2.05, 4.69) is 39.9 Å². The van der Waals surface area contributed by atoms with Gasteiger partial charge in [-0.15, -0.1) is 42.7 Å². The van der Waals surface area contributed by atoms with Crippen LogP contribution >= 0.6 is 47.8 Å². The number of ether oxygens (including phenoxy) is 2. The monoisotopic (exact) mass is 906 g/mol. The fourth-order valence-corrected chi connectivity index (χ4v) is 9.57. The molecule has 3 aliphatic rings. The molecule has 18 heteroatoms. The van der Waals surface area contributed by atoms with Crippen LogP contribution in [0.5, 0.6) is 11.6 Å². The number of rotatable bonds is 13. The molecule has 5 atom stereocenters. The average molecular weight is 908 g/mol. The summed E-state index contributed by atoms with van der Waals surface area (Å²) < 4.78 is 39.8. The van der Waals surface area contributed by atoms with Gasteiger partial charge in [0.1, 0.15) is 29.5 Å². The summed E-state index contributed by atoms with van der Waals surface area (Å²) in [6.45, 7) is 13.7. The van der Waals surface area contributed by atoms with Crippen molar-refractivity contribution < 1.29 is 32.3 Å². The van der Waals surface area contributed by atoms with Gasteiger partial charge in [0, 0.05) is 39.1 Å². The zero-order chi connectivity index (χ0) is 41.0. The van der Waals surface area contributed by atoms with Crippen molar-refractivity contribution >= 4 is 91.4 Å². The van der Waals surface area contributed by atoms with Gasteiger partial charge in [0.25, 0.3) is 5.91 Å². The molecule has 0 spiro atoms. The van der Waals surface area contributed by atoms with Crippen LogP contribution in [-0.4, -0.2) is 83.6 Å². The maximum Gasteiger partial charge on any atom is 0.259 e. The van der Waals surface area contributed by atoms with Crippen LogP contribution in [0.3, 0.4) is 0 Å². The Kier molecular flexibility index (Phi) is 13.6. The van der Waals surface area contributed by atoms with Crippen molar-refractivity contribution in [2.45, 2.75) is 89.3 Å². The van der Waals surface area contributed by atoms with Crippen molar-refractivity contribution in [2.24, 2.45) is 11.3 Å². The Morgan fingerprint density at radius 3 is 2.44 bits per heavy atom. The molecule has 1 saturated heterocycles. The highest BCUT2D eigenvalue weighted by atomic mass is 35.5. The highest BCUT2D eigenvalue weighted by molar-refractivity contribution is 7.91. The van der Waals surface area contributed by atoms with Gasteiger partial charge in [-0.25, -0.2) is 18.4 Å². The summed E-state index contributed by atoms with van der Waals surface area (Å²) in [4.78, 5) is 53.8. The van der Waals surface area contributed by atoms with Crippen molar-refractivity contribution in [1.29, 1.82) is 0 Å². The number of anilines is 1. The smallest absolute Gasteiger partial charge is 0.259 e. The van der Waals surface area contributed by atoms with Crippen molar-refractivity contribution in [1.82, 2.24) is 24.9 Å². The molecule has 0 radical (unpaired) electrons. The number of methoxy groups -OCH3 is 1. The van der Waals surface area contributed by atoms with Gasteiger partial charge >= 0.3 is 0 Å². The van der Waals surface area contributed by atoms with Crippen LogP contribution in [0.1, 0.15) is 57.6 Å². The molecule has 318 valence electrons. The molecular formula is C41H49Cl3N6O7S2. The number of nitrogens with one attached hydrogen (secondary N) is 3. The summed E-state index contributed by atoms with van der Waals surface area (Å²) in [5.74, 6) is -1.56. The molecule has 2 aromatic carbocycles. The number of aromatic nitrogens is 2. The first kappa shape index (κ1) is 45.9. The Hall–Kier alpha value is -4.15. The number of nitrogens with zero attached hydrogens (tertiary/aromatic N) is 3. The third-order valence-electron chi connectivity index (χ3n) is 11.1. The van der Waals surface area contributed by atoms with Gasteiger partial charge in [-0.2, -0.15) is 0 Å². The third kappa shape index (κ3) is 9.44. The van der Waals surface area contributed by atoms with Crippen LogP contribution in [-0.2, 0) is 24.4 Å². The fraction of sp³-hybridized carbons (Fsp3) is 0.439. The largest absolute Gasteiger partial charge is 0.494 e. The number of hydrogen-bond acceptors (Lipinski definition) is 11. The van der Waals surface area contributed by atoms with Crippen molar-refractivity contribution in [2.75, 3.05) is 19.0 Å². The molecule has 2 aliphatic carbocycles. The fourth-order valence-electron chi connectivity index (χ4n) is 7.28. The normalized spacial score (nSPS) is 21.7. The number of halogens is 3. The number of carbonyl (C=O) groups excluding carboxylic acids is 3. The maximum atomic E-state index is 14.9. The van der Waals surface area contributed by atoms with Gasteiger partial charge in [-0.05, 0) is 73.9 Å². The second kappa shape index (κ2) is 17.4. The molecule has 59 heavy (non-hydrogen) atoms. The Morgan fingerprint density at radius 2 is 1.81 bits per heavy atom. The van der Waals surface area contributed by atoms with Gasteiger partial charge in [0.15, 0.2) is 5.13 Å². The van der Waals surface area contributed by atoms with E-state index in [1.165, 1.54) is 41.2 Å². The molecule has 3 heterocycles.